The minimum absolute atomic E-state index is 0.449. The topological polar surface area (TPSA) is 38.7 Å². The average Bonchev–Trinajstić information content (AvgIpc) is 2.42. The van der Waals surface area contributed by atoms with Crippen molar-refractivity contribution in [2.24, 2.45) is 0 Å². The molecule has 0 unspecified atom stereocenters. The van der Waals surface area contributed by atoms with Crippen LogP contribution in [0, 0.1) is 6.92 Å². The number of nitrogens with zero attached hydrogens (tertiary/aromatic N) is 3. The number of aryl methyl sites for hydroxylation is 1. The van der Waals surface area contributed by atoms with E-state index in [0.29, 0.717) is 5.15 Å². The Balaban J connectivity index is 2.09. The predicted octanol–water partition coefficient (Wildman–Crippen LogP) is 3.58. The molecule has 3 rings (SSSR count). The number of benzene rings is 1. The molecule has 0 aliphatic carbocycles. The molecule has 0 saturated carbocycles. The molecule has 0 spiro atoms. The van der Waals surface area contributed by atoms with E-state index in [-0.39, 0.29) is 0 Å². The Labute approximate surface area is 116 Å². The van der Waals surface area contributed by atoms with Crippen LogP contribution in [-0.2, 0) is 6.42 Å². The second-order valence-corrected chi connectivity index (χ2v) is 4.82. The second-order valence-electron chi connectivity index (χ2n) is 4.47. The first kappa shape index (κ1) is 12.1. The summed E-state index contributed by atoms with van der Waals surface area (Å²) < 4.78 is 0. The van der Waals surface area contributed by atoms with Crippen LogP contribution in [0.4, 0.5) is 0 Å². The molecule has 3 aromatic rings. The van der Waals surface area contributed by atoms with E-state index in [0.717, 1.165) is 28.6 Å². The van der Waals surface area contributed by atoms with Crippen molar-refractivity contribution >= 4 is 22.4 Å². The quantitative estimate of drug-likeness (QED) is 0.714. The molecule has 0 amide bonds. The van der Waals surface area contributed by atoms with Gasteiger partial charge in [0.1, 0.15) is 0 Å². The molecule has 2 aromatic heterocycles. The zero-order valence-corrected chi connectivity index (χ0v) is 11.2. The summed E-state index contributed by atoms with van der Waals surface area (Å²) in [6.45, 7) is 1.98. The van der Waals surface area contributed by atoms with Gasteiger partial charge in [0.2, 0.25) is 0 Å². The minimum atomic E-state index is 0.449. The highest BCUT2D eigenvalue weighted by molar-refractivity contribution is 6.34. The van der Waals surface area contributed by atoms with Crippen LogP contribution in [0.5, 0.6) is 0 Å². The van der Waals surface area contributed by atoms with Gasteiger partial charge in [0, 0.05) is 29.1 Å². The van der Waals surface area contributed by atoms with Crippen molar-refractivity contribution in [3.05, 3.63) is 64.7 Å². The summed E-state index contributed by atoms with van der Waals surface area (Å²) in [4.78, 5) is 4.20. The molecule has 1 aromatic carbocycles. The third kappa shape index (κ3) is 2.42. The highest BCUT2D eigenvalue weighted by Gasteiger charge is 2.08. The smallest absolute Gasteiger partial charge is 0.159 e. The van der Waals surface area contributed by atoms with Gasteiger partial charge in [-0.3, -0.25) is 4.98 Å². The Morgan fingerprint density at radius 3 is 2.63 bits per heavy atom. The third-order valence-electron chi connectivity index (χ3n) is 3.05. The van der Waals surface area contributed by atoms with Gasteiger partial charge in [-0.15, -0.1) is 5.10 Å². The normalized spacial score (nSPS) is 10.8. The lowest BCUT2D eigenvalue weighted by atomic mass is 10.1. The van der Waals surface area contributed by atoms with Crippen molar-refractivity contribution < 1.29 is 0 Å². The molecule has 4 heteroatoms. The molecule has 0 bridgehead atoms. The number of rotatable bonds is 2. The molecule has 94 valence electrons. The van der Waals surface area contributed by atoms with Gasteiger partial charge in [-0.1, -0.05) is 35.9 Å². The van der Waals surface area contributed by atoms with Gasteiger partial charge < -0.3 is 0 Å². The lowest BCUT2D eigenvalue weighted by Gasteiger charge is -2.06. The number of hydrogen-bond acceptors (Lipinski definition) is 3. The summed E-state index contributed by atoms with van der Waals surface area (Å²) in [5.74, 6) is 0. The lowest BCUT2D eigenvalue weighted by Crippen LogP contribution is -1.98. The fourth-order valence-electron chi connectivity index (χ4n) is 2.16. The van der Waals surface area contributed by atoms with Gasteiger partial charge in [-0.2, -0.15) is 5.10 Å². The van der Waals surface area contributed by atoms with E-state index in [9.17, 15) is 0 Å². The van der Waals surface area contributed by atoms with Gasteiger partial charge >= 0.3 is 0 Å². The average molecular weight is 270 g/mol. The standard InChI is InChI=1S/C15H12ClN3/c1-10-8-11(6-7-17-10)9-14-12-4-2-3-5-13(12)15(16)19-18-14/h2-8H,9H2,1H3. The van der Waals surface area contributed by atoms with E-state index in [4.69, 9.17) is 11.6 Å². The molecule has 0 N–H and O–H groups in total. The van der Waals surface area contributed by atoms with Crippen LogP contribution < -0.4 is 0 Å². The summed E-state index contributed by atoms with van der Waals surface area (Å²) in [7, 11) is 0. The van der Waals surface area contributed by atoms with Gasteiger partial charge in [-0.05, 0) is 24.6 Å². The van der Waals surface area contributed by atoms with Gasteiger partial charge in [0.05, 0.1) is 5.69 Å². The van der Waals surface area contributed by atoms with Crippen molar-refractivity contribution in [2.45, 2.75) is 13.3 Å². The van der Waals surface area contributed by atoms with E-state index < -0.39 is 0 Å². The summed E-state index contributed by atoms with van der Waals surface area (Å²) in [6.07, 6.45) is 2.55. The van der Waals surface area contributed by atoms with Crippen LogP contribution in [-0.4, -0.2) is 15.2 Å². The molecule has 0 radical (unpaired) electrons. The predicted molar refractivity (Wildman–Crippen MR) is 76.3 cm³/mol. The lowest BCUT2D eigenvalue weighted by molar-refractivity contribution is 0.954. The Morgan fingerprint density at radius 2 is 1.84 bits per heavy atom. The Hall–Kier alpha value is -2.00. The van der Waals surface area contributed by atoms with Crippen LogP contribution in [0.2, 0.25) is 5.15 Å². The summed E-state index contributed by atoms with van der Waals surface area (Å²) in [5.41, 5.74) is 3.11. The second kappa shape index (κ2) is 4.94. The molecule has 2 heterocycles. The summed E-state index contributed by atoms with van der Waals surface area (Å²) >= 11 is 6.07. The fourth-order valence-corrected chi connectivity index (χ4v) is 2.37. The number of aromatic nitrogens is 3. The van der Waals surface area contributed by atoms with E-state index in [2.05, 4.69) is 21.2 Å². The fraction of sp³-hybridized carbons (Fsp3) is 0.133. The molecule has 19 heavy (non-hydrogen) atoms. The van der Waals surface area contributed by atoms with E-state index in [1.165, 1.54) is 5.56 Å². The number of fused-ring (bicyclic) bond motifs is 1. The maximum Gasteiger partial charge on any atom is 0.159 e. The summed E-state index contributed by atoms with van der Waals surface area (Å²) in [6, 6.07) is 12.0. The Bertz CT molecular complexity index is 740. The van der Waals surface area contributed by atoms with Crippen LogP contribution >= 0.6 is 11.6 Å². The number of hydrogen-bond donors (Lipinski definition) is 0. The zero-order chi connectivity index (χ0) is 13.2. The number of pyridine rings is 1. The molecular weight excluding hydrogens is 258 g/mol. The first-order chi connectivity index (χ1) is 9.24. The monoisotopic (exact) mass is 269 g/mol. The molecule has 0 fully saturated rings. The largest absolute Gasteiger partial charge is 0.262 e. The Kier molecular flexibility index (Phi) is 3.13. The van der Waals surface area contributed by atoms with Crippen LogP contribution in [0.3, 0.4) is 0 Å². The van der Waals surface area contributed by atoms with Crippen molar-refractivity contribution in [3.63, 3.8) is 0 Å². The van der Waals surface area contributed by atoms with Gasteiger partial charge in [-0.25, -0.2) is 0 Å². The highest BCUT2D eigenvalue weighted by atomic mass is 35.5. The van der Waals surface area contributed by atoms with Gasteiger partial charge in [0.15, 0.2) is 5.15 Å². The zero-order valence-electron chi connectivity index (χ0n) is 10.5. The minimum Gasteiger partial charge on any atom is -0.262 e. The molecule has 0 atom stereocenters. The van der Waals surface area contributed by atoms with E-state index in [1.54, 1.807) is 0 Å². The summed E-state index contributed by atoms with van der Waals surface area (Å²) in [5, 5.41) is 10.7. The van der Waals surface area contributed by atoms with E-state index >= 15 is 0 Å². The third-order valence-corrected chi connectivity index (χ3v) is 3.33. The first-order valence-electron chi connectivity index (χ1n) is 6.05. The number of halogens is 1. The molecule has 0 aliphatic heterocycles. The van der Waals surface area contributed by atoms with Crippen molar-refractivity contribution in [1.82, 2.24) is 15.2 Å². The Morgan fingerprint density at radius 1 is 1.05 bits per heavy atom. The van der Waals surface area contributed by atoms with Crippen molar-refractivity contribution in [2.75, 3.05) is 0 Å². The first-order valence-corrected chi connectivity index (χ1v) is 6.43. The van der Waals surface area contributed by atoms with Crippen LogP contribution in [0.1, 0.15) is 17.0 Å². The SMILES string of the molecule is Cc1cc(Cc2nnc(Cl)c3ccccc23)ccn1. The van der Waals surface area contributed by atoms with Crippen molar-refractivity contribution in [1.29, 1.82) is 0 Å². The molecular formula is C15H12ClN3. The highest BCUT2D eigenvalue weighted by Crippen LogP contribution is 2.24. The molecule has 3 nitrogen and oxygen atoms in total. The van der Waals surface area contributed by atoms with Crippen LogP contribution in [0.15, 0.2) is 42.6 Å². The maximum absolute atomic E-state index is 6.07. The van der Waals surface area contributed by atoms with Crippen LogP contribution in [0.25, 0.3) is 10.8 Å². The van der Waals surface area contributed by atoms with E-state index in [1.807, 2.05) is 43.5 Å². The van der Waals surface area contributed by atoms with Crippen molar-refractivity contribution in [3.8, 4) is 0 Å². The molecule has 0 saturated heterocycles. The van der Waals surface area contributed by atoms with Gasteiger partial charge in [0.25, 0.3) is 0 Å². The molecule has 0 aliphatic rings. The maximum atomic E-state index is 6.07.